The van der Waals surface area contributed by atoms with E-state index in [1.807, 2.05) is 6.92 Å². The standard InChI is InChI=1S/C20H17ClN2O4/c1-12-8-9-15(11-16(12)21)22-19(24)18(14-6-4-3-5-7-14)26-20(25)17-10-13(2)23-27-17/h3-11,18H,1-2H3,(H,22,24)/t18-/m0/s1. The van der Waals surface area contributed by atoms with Crippen molar-refractivity contribution in [3.63, 3.8) is 0 Å². The van der Waals surface area contributed by atoms with Crippen molar-refractivity contribution >= 4 is 29.2 Å². The molecule has 1 N–H and O–H groups in total. The molecule has 27 heavy (non-hydrogen) atoms. The maximum Gasteiger partial charge on any atom is 0.378 e. The third-order valence-corrected chi connectivity index (χ3v) is 4.24. The molecule has 2 aromatic carbocycles. The lowest BCUT2D eigenvalue weighted by Crippen LogP contribution is -2.25. The molecular formula is C20H17ClN2O4. The van der Waals surface area contributed by atoms with Crippen LogP contribution in [0.1, 0.15) is 33.5 Å². The third-order valence-electron chi connectivity index (χ3n) is 3.83. The van der Waals surface area contributed by atoms with E-state index < -0.39 is 18.0 Å². The number of aromatic nitrogens is 1. The second kappa shape index (κ2) is 8.05. The minimum atomic E-state index is -1.16. The van der Waals surface area contributed by atoms with Gasteiger partial charge in [-0.3, -0.25) is 4.79 Å². The molecule has 0 aliphatic rings. The van der Waals surface area contributed by atoms with Crippen molar-refractivity contribution in [3.8, 4) is 0 Å². The van der Waals surface area contributed by atoms with Gasteiger partial charge in [0.25, 0.3) is 5.91 Å². The molecule has 1 aromatic heterocycles. The predicted octanol–water partition coefficient (Wildman–Crippen LogP) is 4.48. The molecule has 0 saturated heterocycles. The van der Waals surface area contributed by atoms with Crippen LogP contribution >= 0.6 is 11.6 Å². The summed E-state index contributed by atoms with van der Waals surface area (Å²) in [6, 6.07) is 15.3. The number of amides is 1. The van der Waals surface area contributed by atoms with Gasteiger partial charge in [-0.25, -0.2) is 4.79 Å². The fourth-order valence-corrected chi connectivity index (χ4v) is 2.58. The van der Waals surface area contributed by atoms with Crippen LogP contribution in [0.25, 0.3) is 0 Å². The molecule has 0 fully saturated rings. The number of nitrogens with one attached hydrogen (secondary N) is 1. The molecular weight excluding hydrogens is 368 g/mol. The molecule has 1 heterocycles. The van der Waals surface area contributed by atoms with Crippen LogP contribution in [-0.4, -0.2) is 17.0 Å². The topological polar surface area (TPSA) is 81.4 Å². The van der Waals surface area contributed by atoms with Gasteiger partial charge in [0, 0.05) is 22.3 Å². The number of rotatable bonds is 5. The van der Waals surface area contributed by atoms with Crippen LogP contribution < -0.4 is 5.32 Å². The largest absolute Gasteiger partial charge is 0.441 e. The van der Waals surface area contributed by atoms with E-state index in [-0.39, 0.29) is 5.76 Å². The van der Waals surface area contributed by atoms with E-state index in [4.69, 9.17) is 20.9 Å². The first-order valence-electron chi connectivity index (χ1n) is 8.20. The van der Waals surface area contributed by atoms with Gasteiger partial charge >= 0.3 is 5.97 Å². The first-order valence-corrected chi connectivity index (χ1v) is 8.58. The van der Waals surface area contributed by atoms with Gasteiger partial charge < -0.3 is 14.6 Å². The predicted molar refractivity (Wildman–Crippen MR) is 101 cm³/mol. The van der Waals surface area contributed by atoms with Gasteiger partial charge in [0.1, 0.15) is 0 Å². The van der Waals surface area contributed by atoms with Crippen LogP contribution in [0.4, 0.5) is 5.69 Å². The number of halogens is 1. The summed E-state index contributed by atoms with van der Waals surface area (Å²) in [5.41, 5.74) is 2.46. The quantitative estimate of drug-likeness (QED) is 0.656. The van der Waals surface area contributed by atoms with Gasteiger partial charge in [0.05, 0.1) is 5.69 Å². The first kappa shape index (κ1) is 18.7. The molecule has 3 rings (SSSR count). The first-order chi connectivity index (χ1) is 12.9. The molecule has 6 nitrogen and oxygen atoms in total. The number of carbonyl (C=O) groups excluding carboxylic acids is 2. The van der Waals surface area contributed by atoms with E-state index in [0.717, 1.165) is 5.56 Å². The molecule has 0 bridgehead atoms. The smallest absolute Gasteiger partial charge is 0.378 e. The summed E-state index contributed by atoms with van der Waals surface area (Å²) < 4.78 is 10.3. The van der Waals surface area contributed by atoms with E-state index in [1.165, 1.54) is 6.07 Å². The van der Waals surface area contributed by atoms with E-state index in [1.54, 1.807) is 55.5 Å². The van der Waals surface area contributed by atoms with Gasteiger partial charge in [-0.1, -0.05) is 53.2 Å². The molecule has 0 aliphatic heterocycles. The second-order valence-corrected chi connectivity index (χ2v) is 6.39. The van der Waals surface area contributed by atoms with Crippen molar-refractivity contribution in [3.05, 3.63) is 82.2 Å². The highest BCUT2D eigenvalue weighted by Crippen LogP contribution is 2.24. The Kier molecular flexibility index (Phi) is 5.57. The number of aryl methyl sites for hydroxylation is 2. The Morgan fingerprint density at radius 3 is 2.48 bits per heavy atom. The molecule has 3 aromatic rings. The number of esters is 1. The zero-order valence-electron chi connectivity index (χ0n) is 14.7. The maximum atomic E-state index is 12.8. The zero-order chi connectivity index (χ0) is 19.4. The number of carbonyl (C=O) groups is 2. The van der Waals surface area contributed by atoms with Gasteiger partial charge in [-0.2, -0.15) is 0 Å². The van der Waals surface area contributed by atoms with Crippen LogP contribution in [-0.2, 0) is 9.53 Å². The zero-order valence-corrected chi connectivity index (χ0v) is 15.5. The minimum absolute atomic E-state index is 0.0698. The fraction of sp³-hybridized carbons (Fsp3) is 0.150. The fourth-order valence-electron chi connectivity index (χ4n) is 2.40. The highest BCUT2D eigenvalue weighted by molar-refractivity contribution is 6.31. The average Bonchev–Trinajstić information content (AvgIpc) is 3.10. The summed E-state index contributed by atoms with van der Waals surface area (Å²) in [6.07, 6.45) is -1.16. The van der Waals surface area contributed by atoms with Crippen molar-refractivity contribution < 1.29 is 18.8 Å². The molecule has 0 unspecified atom stereocenters. The molecule has 7 heteroatoms. The Balaban J connectivity index is 1.84. The summed E-state index contributed by atoms with van der Waals surface area (Å²) >= 11 is 6.10. The van der Waals surface area contributed by atoms with Crippen LogP contribution in [0.2, 0.25) is 5.02 Å². The summed E-state index contributed by atoms with van der Waals surface area (Å²) in [6.45, 7) is 3.55. The summed E-state index contributed by atoms with van der Waals surface area (Å²) in [5.74, 6) is -1.35. The average molecular weight is 385 g/mol. The summed E-state index contributed by atoms with van der Waals surface area (Å²) in [4.78, 5) is 25.1. The van der Waals surface area contributed by atoms with Gasteiger partial charge in [0.15, 0.2) is 0 Å². The Morgan fingerprint density at radius 1 is 1.11 bits per heavy atom. The number of ether oxygens (including phenoxy) is 1. The number of hydrogen-bond donors (Lipinski definition) is 1. The van der Waals surface area contributed by atoms with Crippen molar-refractivity contribution in [1.82, 2.24) is 5.16 Å². The van der Waals surface area contributed by atoms with Crippen molar-refractivity contribution in [2.45, 2.75) is 20.0 Å². The highest BCUT2D eigenvalue weighted by atomic mass is 35.5. The van der Waals surface area contributed by atoms with Gasteiger partial charge in [-0.15, -0.1) is 0 Å². The molecule has 0 spiro atoms. The molecule has 0 saturated carbocycles. The molecule has 0 radical (unpaired) electrons. The van der Waals surface area contributed by atoms with Crippen LogP contribution in [0.5, 0.6) is 0 Å². The number of nitrogens with zero attached hydrogens (tertiary/aromatic N) is 1. The van der Waals surface area contributed by atoms with Crippen molar-refractivity contribution in [2.75, 3.05) is 5.32 Å². The lowest BCUT2D eigenvalue weighted by Gasteiger charge is -2.17. The molecule has 1 atom stereocenters. The minimum Gasteiger partial charge on any atom is -0.441 e. The van der Waals surface area contributed by atoms with Gasteiger partial charge in [-0.05, 0) is 31.5 Å². The Hall–Kier alpha value is -3.12. The Labute approximate surface area is 161 Å². The summed E-state index contributed by atoms with van der Waals surface area (Å²) in [7, 11) is 0. The van der Waals surface area contributed by atoms with E-state index in [0.29, 0.717) is 22.0 Å². The Bertz CT molecular complexity index is 969. The van der Waals surface area contributed by atoms with Gasteiger partial charge in [0.2, 0.25) is 11.9 Å². The molecule has 1 amide bonds. The van der Waals surface area contributed by atoms with Crippen LogP contribution in [0, 0.1) is 13.8 Å². The Morgan fingerprint density at radius 2 is 1.85 bits per heavy atom. The maximum absolute atomic E-state index is 12.8. The van der Waals surface area contributed by atoms with E-state index in [2.05, 4.69) is 10.5 Å². The van der Waals surface area contributed by atoms with Crippen molar-refractivity contribution in [2.24, 2.45) is 0 Å². The number of hydrogen-bond acceptors (Lipinski definition) is 5. The van der Waals surface area contributed by atoms with E-state index >= 15 is 0 Å². The lowest BCUT2D eigenvalue weighted by molar-refractivity contribution is -0.125. The summed E-state index contributed by atoms with van der Waals surface area (Å²) in [5, 5.41) is 6.91. The number of benzene rings is 2. The van der Waals surface area contributed by atoms with Crippen molar-refractivity contribution in [1.29, 1.82) is 0 Å². The van der Waals surface area contributed by atoms with Crippen LogP contribution in [0.3, 0.4) is 0 Å². The second-order valence-electron chi connectivity index (χ2n) is 5.98. The normalized spacial score (nSPS) is 11.7. The highest BCUT2D eigenvalue weighted by Gasteiger charge is 2.27. The third kappa shape index (κ3) is 4.54. The SMILES string of the molecule is Cc1cc(C(=O)O[C@H](C(=O)Nc2ccc(C)c(Cl)c2)c2ccccc2)on1. The number of anilines is 1. The van der Waals surface area contributed by atoms with E-state index in [9.17, 15) is 9.59 Å². The molecule has 138 valence electrons. The monoisotopic (exact) mass is 384 g/mol. The van der Waals surface area contributed by atoms with Crippen LogP contribution in [0.15, 0.2) is 59.1 Å². The lowest BCUT2D eigenvalue weighted by atomic mass is 10.1. The molecule has 0 aliphatic carbocycles.